The number of aliphatic hydroxyl groups is 1. The van der Waals surface area contributed by atoms with Gasteiger partial charge in [-0.05, 0) is 11.0 Å². The predicted octanol–water partition coefficient (Wildman–Crippen LogP) is 2.54. The normalized spacial score (nSPS) is 15.2. The van der Waals surface area contributed by atoms with Crippen molar-refractivity contribution < 1.29 is 14.1 Å². The second-order valence-electron chi connectivity index (χ2n) is 6.02. The van der Waals surface area contributed by atoms with Crippen molar-refractivity contribution in [3.63, 3.8) is 0 Å². The van der Waals surface area contributed by atoms with Gasteiger partial charge in [-0.1, -0.05) is 62.7 Å². The van der Waals surface area contributed by atoms with Gasteiger partial charge < -0.3 is 10.4 Å². The second kappa shape index (κ2) is 8.46. The molecule has 0 saturated carbocycles. The van der Waals surface area contributed by atoms with Crippen LogP contribution in [-0.4, -0.2) is 27.9 Å². The highest BCUT2D eigenvalue weighted by Gasteiger charge is 2.27. The van der Waals surface area contributed by atoms with Gasteiger partial charge in [0.25, 0.3) is 5.91 Å². The van der Waals surface area contributed by atoms with E-state index in [2.05, 4.69) is 5.32 Å². The minimum Gasteiger partial charge on any atom is -0.394 e. The summed E-state index contributed by atoms with van der Waals surface area (Å²) < 4.78 is 12.3. The lowest BCUT2D eigenvalue weighted by atomic mass is 9.87. The van der Waals surface area contributed by atoms with Crippen molar-refractivity contribution in [2.45, 2.75) is 32.6 Å². The first kappa shape index (κ1) is 18.9. The highest BCUT2D eigenvalue weighted by Crippen LogP contribution is 2.20. The molecular formula is C16H22ClNO3S. The lowest BCUT2D eigenvalue weighted by Crippen LogP contribution is -2.47. The van der Waals surface area contributed by atoms with Crippen LogP contribution in [0.15, 0.2) is 40.8 Å². The maximum absolute atomic E-state index is 12.3. The molecule has 6 heteroatoms. The molecule has 22 heavy (non-hydrogen) atoms. The Morgan fingerprint density at radius 3 is 2.41 bits per heavy atom. The molecule has 0 spiro atoms. The predicted molar refractivity (Wildman–Crippen MR) is 90.7 cm³/mol. The number of halogens is 1. The summed E-state index contributed by atoms with van der Waals surface area (Å²) in [6.07, 6.45) is 0. The van der Waals surface area contributed by atoms with E-state index >= 15 is 0 Å². The van der Waals surface area contributed by atoms with Gasteiger partial charge in [0.15, 0.2) is 0 Å². The summed E-state index contributed by atoms with van der Waals surface area (Å²) in [6.45, 7) is 5.51. The van der Waals surface area contributed by atoms with E-state index in [0.717, 1.165) is 11.1 Å². The third kappa shape index (κ3) is 5.55. The monoisotopic (exact) mass is 343 g/mol. The number of benzene rings is 1. The Kier molecular flexibility index (Phi) is 7.26. The summed E-state index contributed by atoms with van der Waals surface area (Å²) in [5, 5.41) is 12.1. The average molecular weight is 344 g/mol. The lowest BCUT2D eigenvalue weighted by Gasteiger charge is -2.30. The Hall–Kier alpha value is -1.17. The molecule has 0 bridgehead atoms. The molecule has 1 rings (SSSR count). The fourth-order valence-electron chi connectivity index (χ4n) is 1.77. The minimum absolute atomic E-state index is 0.00761. The zero-order valence-corrected chi connectivity index (χ0v) is 14.6. The summed E-state index contributed by atoms with van der Waals surface area (Å²) in [5.74, 6) is -0.301. The molecule has 2 atom stereocenters. The number of hydrogen-bond acceptors (Lipinski definition) is 3. The van der Waals surface area contributed by atoms with Crippen LogP contribution < -0.4 is 5.32 Å². The molecule has 1 aromatic carbocycles. The van der Waals surface area contributed by atoms with Gasteiger partial charge in [-0.25, -0.2) is 0 Å². The van der Waals surface area contributed by atoms with Crippen LogP contribution in [0.2, 0.25) is 0 Å². The van der Waals surface area contributed by atoms with Crippen molar-refractivity contribution in [1.29, 1.82) is 0 Å². The van der Waals surface area contributed by atoms with Gasteiger partial charge in [-0.2, -0.15) is 0 Å². The first-order chi connectivity index (χ1) is 10.3. The molecule has 0 aliphatic heterocycles. The summed E-state index contributed by atoms with van der Waals surface area (Å²) in [6, 6.07) is 8.80. The van der Waals surface area contributed by atoms with E-state index in [1.807, 2.05) is 51.1 Å². The highest BCUT2D eigenvalue weighted by atomic mass is 35.5. The average Bonchev–Trinajstić information content (AvgIpc) is 2.45. The number of aliphatic hydroxyl groups excluding tert-OH is 1. The molecule has 1 amide bonds. The van der Waals surface area contributed by atoms with Gasteiger partial charge in [0.1, 0.15) is 4.91 Å². The van der Waals surface area contributed by atoms with Gasteiger partial charge in [-0.15, -0.1) is 0 Å². The summed E-state index contributed by atoms with van der Waals surface area (Å²) in [5.41, 5.74) is 1.59. The van der Waals surface area contributed by atoms with Crippen LogP contribution in [0.4, 0.5) is 0 Å². The van der Waals surface area contributed by atoms with Crippen molar-refractivity contribution in [2.75, 3.05) is 6.61 Å². The van der Waals surface area contributed by atoms with Gasteiger partial charge in [0.2, 0.25) is 0 Å². The standard InChI is InChI=1S/C16H22ClNO3S/c1-16(2,3)14(10-19)18-15(20)13(9-17)22(21)11-12-7-5-4-6-8-12/h4-9,14,19H,10-11H2,1-3H3,(H,18,20)/b13-9-/t14-,22?/m1/s1. The Morgan fingerprint density at radius 1 is 1.36 bits per heavy atom. The zero-order valence-electron chi connectivity index (χ0n) is 13.0. The molecule has 0 saturated heterocycles. The van der Waals surface area contributed by atoms with Crippen LogP contribution in [0.1, 0.15) is 26.3 Å². The lowest BCUT2D eigenvalue weighted by molar-refractivity contribution is -0.118. The molecule has 122 valence electrons. The van der Waals surface area contributed by atoms with E-state index < -0.39 is 22.7 Å². The SMILES string of the molecule is CC(C)(C)[C@@H](CO)NC(=O)/C(=C/Cl)S(=O)Cc1ccccc1. The fraction of sp³-hybridized carbons (Fsp3) is 0.438. The number of carbonyl (C=O) groups excluding carboxylic acids is 1. The number of carbonyl (C=O) groups is 1. The van der Waals surface area contributed by atoms with Crippen molar-refractivity contribution in [3.05, 3.63) is 46.3 Å². The number of rotatable bonds is 6. The van der Waals surface area contributed by atoms with Crippen molar-refractivity contribution in [1.82, 2.24) is 5.32 Å². The number of hydrogen-bond donors (Lipinski definition) is 2. The maximum atomic E-state index is 12.3. The van der Waals surface area contributed by atoms with E-state index in [9.17, 15) is 14.1 Å². The molecule has 0 aliphatic carbocycles. The molecule has 0 radical (unpaired) electrons. The van der Waals surface area contributed by atoms with Crippen LogP contribution in [0, 0.1) is 5.41 Å². The van der Waals surface area contributed by atoms with Gasteiger partial charge in [0, 0.05) is 5.54 Å². The Balaban J connectivity index is 2.79. The summed E-state index contributed by atoms with van der Waals surface area (Å²) in [7, 11) is -1.55. The van der Waals surface area contributed by atoms with E-state index in [1.165, 1.54) is 0 Å². The Bertz CT molecular complexity index is 552. The van der Waals surface area contributed by atoms with Crippen LogP contribution in [0.3, 0.4) is 0 Å². The molecule has 1 aromatic rings. The molecule has 0 heterocycles. The zero-order chi connectivity index (χ0) is 16.8. The fourth-order valence-corrected chi connectivity index (χ4v) is 3.18. The molecule has 4 nitrogen and oxygen atoms in total. The van der Waals surface area contributed by atoms with Crippen LogP contribution >= 0.6 is 11.6 Å². The molecule has 0 aromatic heterocycles. The van der Waals surface area contributed by atoms with E-state index in [0.29, 0.717) is 0 Å². The van der Waals surface area contributed by atoms with Crippen LogP contribution in [-0.2, 0) is 21.3 Å². The van der Waals surface area contributed by atoms with Gasteiger partial charge in [0.05, 0.1) is 29.2 Å². The molecule has 1 unspecified atom stereocenters. The first-order valence-electron chi connectivity index (χ1n) is 6.94. The van der Waals surface area contributed by atoms with Crippen LogP contribution in [0.5, 0.6) is 0 Å². The largest absolute Gasteiger partial charge is 0.394 e. The van der Waals surface area contributed by atoms with E-state index in [1.54, 1.807) is 0 Å². The van der Waals surface area contributed by atoms with E-state index in [4.69, 9.17) is 11.6 Å². The highest BCUT2D eigenvalue weighted by molar-refractivity contribution is 7.89. The number of amides is 1. The minimum atomic E-state index is -1.55. The van der Waals surface area contributed by atoms with Crippen molar-refractivity contribution in [3.8, 4) is 0 Å². The smallest absolute Gasteiger partial charge is 0.261 e. The molecule has 0 fully saturated rings. The summed E-state index contributed by atoms with van der Waals surface area (Å²) >= 11 is 5.69. The van der Waals surface area contributed by atoms with Crippen LogP contribution in [0.25, 0.3) is 0 Å². The third-order valence-electron chi connectivity index (χ3n) is 3.24. The van der Waals surface area contributed by atoms with E-state index in [-0.39, 0.29) is 22.7 Å². The quantitative estimate of drug-likeness (QED) is 0.780. The molecular weight excluding hydrogens is 322 g/mol. The third-order valence-corrected chi connectivity index (χ3v) is 4.98. The topological polar surface area (TPSA) is 66.4 Å². The molecule has 2 N–H and O–H groups in total. The number of nitrogens with one attached hydrogen (secondary N) is 1. The Morgan fingerprint density at radius 2 is 1.95 bits per heavy atom. The summed E-state index contributed by atoms with van der Waals surface area (Å²) in [4.78, 5) is 12.3. The maximum Gasteiger partial charge on any atom is 0.261 e. The van der Waals surface area contributed by atoms with Gasteiger partial charge in [-0.3, -0.25) is 9.00 Å². The second-order valence-corrected chi connectivity index (χ2v) is 7.66. The van der Waals surface area contributed by atoms with Gasteiger partial charge >= 0.3 is 0 Å². The first-order valence-corrected chi connectivity index (χ1v) is 8.69. The molecule has 0 aliphatic rings. The van der Waals surface area contributed by atoms with Crippen molar-refractivity contribution >= 4 is 28.3 Å². The van der Waals surface area contributed by atoms with Crippen molar-refractivity contribution in [2.24, 2.45) is 5.41 Å². The Labute approximate surface area is 139 Å².